The number of benzene rings is 1. The smallest absolute Gasteiger partial charge is 0.409 e. The van der Waals surface area contributed by atoms with Gasteiger partial charge in [-0.1, -0.05) is 42.3 Å². The molecule has 1 aromatic rings. The van der Waals surface area contributed by atoms with E-state index in [-0.39, 0.29) is 23.6 Å². The number of nitrogens with zero attached hydrogens (tertiary/aromatic N) is 2. The fourth-order valence-electron chi connectivity index (χ4n) is 6.38. The molecule has 13 nitrogen and oxygen atoms in total. The van der Waals surface area contributed by atoms with Crippen molar-refractivity contribution in [3.05, 3.63) is 46.5 Å². The number of allylic oxidation sites excluding steroid dienone is 3. The molecule has 3 amide bonds. The Labute approximate surface area is 307 Å². The minimum Gasteiger partial charge on any atom is -0.495 e. The van der Waals surface area contributed by atoms with Gasteiger partial charge in [0, 0.05) is 44.0 Å². The van der Waals surface area contributed by atoms with E-state index in [2.05, 4.69) is 17.9 Å². The van der Waals surface area contributed by atoms with Gasteiger partial charge in [-0.2, -0.15) is 12.6 Å². The van der Waals surface area contributed by atoms with Gasteiger partial charge in [0.15, 0.2) is 5.72 Å². The highest BCUT2D eigenvalue weighted by Gasteiger charge is 2.64. The summed E-state index contributed by atoms with van der Waals surface area (Å²) in [4.78, 5) is 55.3. The predicted octanol–water partition coefficient (Wildman–Crippen LogP) is 3.83. The normalized spacial score (nSPS) is 33.5. The van der Waals surface area contributed by atoms with Crippen molar-refractivity contribution in [1.82, 2.24) is 10.2 Å². The van der Waals surface area contributed by atoms with Crippen LogP contribution in [0.1, 0.15) is 56.6 Å². The summed E-state index contributed by atoms with van der Waals surface area (Å²) in [5.41, 5.74) is -1.29. The van der Waals surface area contributed by atoms with Crippen molar-refractivity contribution in [1.29, 1.82) is 0 Å². The van der Waals surface area contributed by atoms with Crippen molar-refractivity contribution in [2.45, 2.75) is 95.2 Å². The summed E-state index contributed by atoms with van der Waals surface area (Å²) in [5, 5.41) is 14.3. The summed E-state index contributed by atoms with van der Waals surface area (Å²) in [6.07, 6.45) is -0.171. The molecular formula is C35H48ClN3O10S. The summed E-state index contributed by atoms with van der Waals surface area (Å²) in [5.74, 6) is -2.73. The van der Waals surface area contributed by atoms with Gasteiger partial charge in [0.25, 0.3) is 0 Å². The first kappa shape index (κ1) is 35.1. The van der Waals surface area contributed by atoms with Gasteiger partial charge in [0.05, 0.1) is 25.3 Å². The minimum absolute atomic E-state index is 0.0460. The van der Waals surface area contributed by atoms with Gasteiger partial charge in [-0.3, -0.25) is 14.9 Å². The second-order valence-electron chi connectivity index (χ2n) is 13.1. The molecule has 3 aliphatic rings. The van der Waals surface area contributed by atoms with Crippen molar-refractivity contribution < 1.29 is 52.1 Å². The average molecular weight is 742 g/mol. The molecule has 0 aliphatic carbocycles. The second-order valence-corrected chi connectivity index (χ2v) is 14.0. The lowest BCUT2D eigenvalue weighted by molar-refractivity contribution is -0.161. The fraction of sp³-hybridized carbons (Fsp3) is 0.600. The number of hydrogen-bond donors (Lipinski definition) is 3. The first-order chi connectivity index (χ1) is 24.7. The Bertz CT molecular complexity index is 1650. The Morgan fingerprint density at radius 1 is 1.32 bits per heavy atom. The lowest BCUT2D eigenvalue weighted by Crippen LogP contribution is -2.63. The van der Waals surface area contributed by atoms with E-state index in [0.717, 1.165) is 11.1 Å². The second kappa shape index (κ2) is 15.9. The predicted molar refractivity (Wildman–Crippen MR) is 189 cm³/mol. The van der Waals surface area contributed by atoms with Crippen LogP contribution in [0.2, 0.25) is 5.02 Å². The standard InChI is InChI=1S/C35H48ClN3O10S/c1-19-10-9-11-26(46-8)35(44)18-25(47-33(43)37-35)20(2)31-34(4,49-31)27(48-32(42)21(3)38(5)28(40)12-13-50)17-29(41)39(6)23-15-22(14-19)16-24(45-7)30(23)36/h9-11,15-16,20-21,25-27,31,44,50H,12-14,17-18H2,1-8H3,(H,37,43)/b11-9+,19-10+/t20-,21+,25+,26-,27+,31-,34+,35+/m1/s1/i5+1D3. The average Bonchev–Trinajstić information content (AvgIpc) is 3.77. The van der Waals surface area contributed by atoms with E-state index in [0.29, 0.717) is 22.8 Å². The molecule has 0 spiro atoms. The molecule has 0 saturated carbocycles. The Hall–Kier alpha value is -3.30. The third-order valence-corrected chi connectivity index (χ3v) is 10.1. The molecule has 3 heterocycles. The van der Waals surface area contributed by atoms with Crippen LogP contribution in [-0.4, -0.2) is 110 Å². The van der Waals surface area contributed by atoms with E-state index in [1.807, 2.05) is 13.0 Å². The van der Waals surface area contributed by atoms with Crippen molar-refractivity contribution in [3.8, 4) is 5.75 Å². The van der Waals surface area contributed by atoms with Crippen LogP contribution in [0.5, 0.6) is 5.75 Å². The van der Waals surface area contributed by atoms with Gasteiger partial charge in [-0.15, -0.1) is 0 Å². The number of thiol groups is 1. The minimum atomic E-state index is -2.98. The van der Waals surface area contributed by atoms with Gasteiger partial charge in [0.1, 0.15) is 40.7 Å². The number of carbonyl (C=O) groups is 4. The number of methoxy groups -OCH3 is 2. The number of ether oxygens (including phenoxy) is 5. The number of rotatable bonds is 7. The molecule has 8 atom stereocenters. The number of likely N-dealkylation sites (N-methyl/N-ethyl adjacent to an activating group) is 1. The van der Waals surface area contributed by atoms with Crippen LogP contribution in [0.4, 0.5) is 10.5 Å². The highest BCUT2D eigenvalue weighted by Crippen LogP contribution is 2.49. The zero-order valence-corrected chi connectivity index (χ0v) is 30.9. The van der Waals surface area contributed by atoms with Crippen LogP contribution in [0, 0.1) is 5.92 Å². The maximum atomic E-state index is 14.1. The molecule has 4 bridgehead atoms. The molecule has 2 N–H and O–H groups in total. The van der Waals surface area contributed by atoms with Gasteiger partial charge in [0.2, 0.25) is 11.8 Å². The highest BCUT2D eigenvalue weighted by molar-refractivity contribution is 7.80. The molecular weight excluding hydrogens is 691 g/mol. The van der Waals surface area contributed by atoms with Crippen LogP contribution in [0.25, 0.3) is 0 Å². The van der Waals surface area contributed by atoms with E-state index in [9.17, 15) is 24.3 Å². The molecule has 2 saturated heterocycles. The van der Waals surface area contributed by atoms with Gasteiger partial charge in [-0.25, -0.2) is 9.59 Å². The summed E-state index contributed by atoms with van der Waals surface area (Å²) in [7, 11) is 4.35. The number of carbonyl (C=O) groups excluding carboxylic acids is 4. The third-order valence-electron chi connectivity index (χ3n) is 9.53. The largest absolute Gasteiger partial charge is 0.495 e. The SMILES string of the molecule is [2H][13C]([2H])([2H])N(C(=O)CCS)[C@@H](C)C(=O)O[C@H]1CC(=O)N(C)c2cc(cc(OC)c2Cl)C/C(C)=C/C=C/[C@@H](OC)[C@@]2(O)C[C@H](OC(=O)N2)[C@@H](C)[C@H]2O[C@@]12C. The number of nitrogens with one attached hydrogen (secondary N) is 1. The molecule has 0 unspecified atom stereocenters. The molecule has 50 heavy (non-hydrogen) atoms. The van der Waals surface area contributed by atoms with E-state index in [1.54, 1.807) is 38.1 Å². The lowest BCUT2D eigenvalue weighted by Gasteiger charge is -2.42. The Kier molecular flexibility index (Phi) is 11.2. The van der Waals surface area contributed by atoms with Crippen LogP contribution in [0.3, 0.4) is 0 Å². The van der Waals surface area contributed by atoms with Crippen molar-refractivity contribution in [2.24, 2.45) is 5.92 Å². The number of alkyl carbamates (subject to hydrolysis) is 1. The van der Waals surface area contributed by atoms with Crippen molar-refractivity contribution in [2.75, 3.05) is 38.9 Å². The fourth-order valence-corrected chi connectivity index (χ4v) is 6.89. The molecule has 0 aromatic heterocycles. The van der Waals surface area contributed by atoms with E-state index < -0.39 is 85.0 Å². The zero-order valence-electron chi connectivity index (χ0n) is 32.2. The number of epoxide rings is 1. The van der Waals surface area contributed by atoms with Crippen molar-refractivity contribution in [3.63, 3.8) is 0 Å². The number of halogens is 1. The number of anilines is 1. The number of esters is 1. The summed E-state index contributed by atoms with van der Waals surface area (Å²) < 4.78 is 52.7. The van der Waals surface area contributed by atoms with Crippen molar-refractivity contribution >= 4 is 53.8 Å². The van der Waals surface area contributed by atoms with E-state index >= 15 is 0 Å². The van der Waals surface area contributed by atoms with Gasteiger partial charge < -0.3 is 38.6 Å². The van der Waals surface area contributed by atoms with E-state index in [4.69, 9.17) is 39.4 Å². The van der Waals surface area contributed by atoms with Crippen LogP contribution in [0.15, 0.2) is 35.9 Å². The Balaban J connectivity index is 1.80. The molecule has 276 valence electrons. The van der Waals surface area contributed by atoms with Gasteiger partial charge >= 0.3 is 12.1 Å². The molecule has 15 heteroatoms. The third kappa shape index (κ3) is 8.42. The number of aliphatic hydroxyl groups is 1. The zero-order chi connectivity index (χ0) is 39.6. The first-order valence-electron chi connectivity index (χ1n) is 17.7. The van der Waals surface area contributed by atoms with E-state index in [1.165, 1.54) is 33.1 Å². The number of fused-ring (bicyclic) bond motifs is 5. The number of hydrogen-bond acceptors (Lipinski definition) is 11. The Morgan fingerprint density at radius 3 is 2.68 bits per heavy atom. The summed E-state index contributed by atoms with van der Waals surface area (Å²) in [6, 6.07) is 1.90. The maximum Gasteiger partial charge on any atom is 0.409 e. The summed E-state index contributed by atoms with van der Waals surface area (Å²) in [6.45, 7) is 3.47. The van der Waals surface area contributed by atoms with Crippen LogP contribution in [-0.2, 0) is 39.8 Å². The Morgan fingerprint density at radius 2 is 2.04 bits per heavy atom. The molecule has 3 aliphatic heterocycles. The molecule has 0 radical (unpaired) electrons. The topological polar surface area (TPSA) is 156 Å². The number of amides is 3. The molecule has 4 rings (SSSR count). The van der Waals surface area contributed by atoms with Gasteiger partial charge in [-0.05, 0) is 50.6 Å². The highest BCUT2D eigenvalue weighted by atomic mass is 35.5. The molecule has 2 fully saturated rings. The van der Waals surface area contributed by atoms with Crippen LogP contribution < -0.4 is 15.0 Å². The summed E-state index contributed by atoms with van der Waals surface area (Å²) >= 11 is 10.7. The first-order valence-corrected chi connectivity index (χ1v) is 17.2. The lowest BCUT2D eigenvalue weighted by atomic mass is 9.83. The maximum absolute atomic E-state index is 14.1. The molecule has 1 aromatic carbocycles. The monoisotopic (exact) mass is 741 g/mol. The quantitative estimate of drug-likeness (QED) is 0.163. The van der Waals surface area contributed by atoms with Crippen LogP contribution >= 0.6 is 24.2 Å².